The highest BCUT2D eigenvalue weighted by Crippen LogP contribution is 2.11. The molecule has 0 bridgehead atoms. The molecule has 72 valence electrons. The molecule has 1 aromatic rings. The first kappa shape index (κ1) is 10.2. The van der Waals surface area contributed by atoms with Gasteiger partial charge < -0.3 is 16.2 Å². The number of nitrogens with two attached hydrogens (primary N) is 1. The minimum absolute atomic E-state index is 0.149. The van der Waals surface area contributed by atoms with Crippen molar-refractivity contribution < 1.29 is 5.11 Å². The molecule has 0 fully saturated rings. The van der Waals surface area contributed by atoms with Gasteiger partial charge in [-0.1, -0.05) is 0 Å². The minimum Gasteiger partial charge on any atom is -0.396 e. The van der Waals surface area contributed by atoms with Crippen molar-refractivity contribution in [2.75, 3.05) is 24.2 Å². The molecule has 0 radical (unpaired) electrons. The Labute approximate surface area is 84.5 Å². The maximum atomic E-state index is 8.54. The lowest BCUT2D eigenvalue weighted by atomic mass is 10.4. The Bertz CT molecular complexity index is 261. The van der Waals surface area contributed by atoms with Crippen molar-refractivity contribution in [1.29, 1.82) is 0 Å². The molecule has 0 spiro atoms. The quantitative estimate of drug-likeness (QED) is 0.536. The number of nitrogens with one attached hydrogen (secondary N) is 1. The topological polar surface area (TPSA) is 84.1 Å². The summed E-state index contributed by atoms with van der Waals surface area (Å²) in [4.78, 5) is 7.99. The molecular weight excluding hydrogens is 236 g/mol. The fourth-order valence-corrected chi connectivity index (χ4v) is 1.20. The molecule has 1 aromatic heterocycles. The number of anilines is 2. The molecule has 0 atom stereocenters. The summed E-state index contributed by atoms with van der Waals surface area (Å²) in [5.74, 6) is 0.883. The van der Waals surface area contributed by atoms with E-state index in [2.05, 4.69) is 31.2 Å². The van der Waals surface area contributed by atoms with Gasteiger partial charge in [0.15, 0.2) is 0 Å². The van der Waals surface area contributed by atoms with Gasteiger partial charge >= 0.3 is 0 Å². The fraction of sp³-hybridized carbons (Fsp3) is 0.429. The molecule has 0 aliphatic carbocycles. The number of hydrogen-bond donors (Lipinski definition) is 3. The summed E-state index contributed by atoms with van der Waals surface area (Å²) in [6.45, 7) is 0.781. The Hall–Kier alpha value is -0.880. The molecule has 0 aromatic carbocycles. The van der Waals surface area contributed by atoms with E-state index in [9.17, 15) is 0 Å². The third kappa shape index (κ3) is 3.56. The fourth-order valence-electron chi connectivity index (χ4n) is 0.793. The molecule has 1 heterocycles. The van der Waals surface area contributed by atoms with Gasteiger partial charge in [0.05, 0.1) is 0 Å². The lowest BCUT2D eigenvalue weighted by Crippen LogP contribution is -2.08. The number of aliphatic hydroxyl groups is 1. The van der Waals surface area contributed by atoms with Gasteiger partial charge in [-0.3, -0.25) is 0 Å². The van der Waals surface area contributed by atoms with E-state index < -0.39 is 0 Å². The second-order valence-corrected chi connectivity index (χ2v) is 3.26. The van der Waals surface area contributed by atoms with E-state index in [0.29, 0.717) is 29.3 Å². The zero-order valence-electron chi connectivity index (χ0n) is 7.00. The number of nitrogen functional groups attached to an aromatic ring is 1. The zero-order valence-corrected chi connectivity index (χ0v) is 8.58. The number of aromatic nitrogens is 2. The smallest absolute Gasteiger partial charge is 0.225 e. The molecule has 4 N–H and O–H groups in total. The third-order valence-corrected chi connectivity index (χ3v) is 1.74. The largest absolute Gasteiger partial charge is 0.396 e. The van der Waals surface area contributed by atoms with E-state index in [1.165, 1.54) is 0 Å². The van der Waals surface area contributed by atoms with Gasteiger partial charge in [-0.05, 0) is 22.4 Å². The number of halogens is 1. The van der Waals surface area contributed by atoms with E-state index in [1.54, 1.807) is 6.07 Å². The zero-order chi connectivity index (χ0) is 9.68. The second-order valence-electron chi connectivity index (χ2n) is 2.44. The Morgan fingerprint density at radius 1 is 1.54 bits per heavy atom. The van der Waals surface area contributed by atoms with Gasteiger partial charge in [-0.2, -0.15) is 4.98 Å². The van der Waals surface area contributed by atoms with Crippen LogP contribution in [0.15, 0.2) is 10.7 Å². The molecule has 0 saturated heterocycles. The number of aliphatic hydroxyl groups excluding tert-OH is 1. The normalized spacial score (nSPS) is 10.0. The molecule has 0 aliphatic heterocycles. The van der Waals surface area contributed by atoms with Crippen molar-refractivity contribution in [3.8, 4) is 0 Å². The highest BCUT2D eigenvalue weighted by molar-refractivity contribution is 9.10. The van der Waals surface area contributed by atoms with E-state index in [4.69, 9.17) is 10.8 Å². The highest BCUT2D eigenvalue weighted by Gasteiger charge is 1.98. The summed E-state index contributed by atoms with van der Waals surface area (Å²) < 4.78 is 0.645. The maximum Gasteiger partial charge on any atom is 0.225 e. The molecule has 5 nitrogen and oxygen atoms in total. The van der Waals surface area contributed by atoms with Crippen molar-refractivity contribution in [2.24, 2.45) is 0 Å². The van der Waals surface area contributed by atoms with Crippen LogP contribution in [-0.4, -0.2) is 28.2 Å². The van der Waals surface area contributed by atoms with Crippen LogP contribution in [0.4, 0.5) is 11.8 Å². The first-order valence-corrected chi connectivity index (χ1v) is 4.66. The number of nitrogens with zero attached hydrogens (tertiary/aromatic N) is 2. The third-order valence-electron chi connectivity index (χ3n) is 1.33. The van der Waals surface area contributed by atoms with Gasteiger partial charge in [-0.25, -0.2) is 4.98 Å². The van der Waals surface area contributed by atoms with Crippen LogP contribution >= 0.6 is 15.9 Å². The van der Waals surface area contributed by atoms with Crippen LogP contribution in [0.3, 0.4) is 0 Å². The Kier molecular flexibility index (Phi) is 3.91. The summed E-state index contributed by atoms with van der Waals surface area (Å²) in [5, 5.41) is 11.5. The van der Waals surface area contributed by atoms with Gasteiger partial charge in [0, 0.05) is 19.2 Å². The van der Waals surface area contributed by atoms with Gasteiger partial charge in [0.2, 0.25) is 5.95 Å². The van der Waals surface area contributed by atoms with Crippen LogP contribution in [0.2, 0.25) is 0 Å². The lowest BCUT2D eigenvalue weighted by molar-refractivity contribution is 0.292. The van der Waals surface area contributed by atoms with Crippen LogP contribution in [0.5, 0.6) is 0 Å². The molecule has 6 heteroatoms. The predicted octanol–water partition coefficient (Wildman–Crippen LogP) is 0.616. The lowest BCUT2D eigenvalue weighted by Gasteiger charge is -2.03. The summed E-state index contributed by atoms with van der Waals surface area (Å²) in [7, 11) is 0. The average Bonchev–Trinajstić information content (AvgIpc) is 2.03. The summed E-state index contributed by atoms with van der Waals surface area (Å²) in [6, 6.07) is 1.62. The van der Waals surface area contributed by atoms with Gasteiger partial charge in [0.25, 0.3) is 0 Å². The molecule has 0 amide bonds. The molecule has 0 aliphatic rings. The Balaban J connectivity index is 2.56. The van der Waals surface area contributed by atoms with E-state index in [0.717, 1.165) is 0 Å². The molecule has 1 rings (SSSR count). The standard InChI is InChI=1S/C7H11BrN4O/c8-5-4-6(9)12-7(11-5)10-2-1-3-13/h4,13H,1-3H2,(H3,9,10,11,12). The predicted molar refractivity (Wildman–Crippen MR) is 54.3 cm³/mol. The second kappa shape index (κ2) is 4.98. The summed E-state index contributed by atoms with van der Waals surface area (Å²) in [6.07, 6.45) is 0.662. The molecule has 13 heavy (non-hydrogen) atoms. The van der Waals surface area contributed by atoms with Crippen LogP contribution in [0.1, 0.15) is 6.42 Å². The first-order valence-electron chi connectivity index (χ1n) is 3.87. The molecule has 0 saturated carbocycles. The molecule has 0 unspecified atom stereocenters. The minimum atomic E-state index is 0.149. The maximum absolute atomic E-state index is 8.54. The van der Waals surface area contributed by atoms with Gasteiger partial charge in [0.1, 0.15) is 10.4 Å². The van der Waals surface area contributed by atoms with Gasteiger partial charge in [-0.15, -0.1) is 0 Å². The van der Waals surface area contributed by atoms with Crippen LogP contribution in [0, 0.1) is 0 Å². The summed E-state index contributed by atoms with van der Waals surface area (Å²) in [5.41, 5.74) is 5.49. The Morgan fingerprint density at radius 2 is 2.31 bits per heavy atom. The highest BCUT2D eigenvalue weighted by atomic mass is 79.9. The summed E-state index contributed by atoms with van der Waals surface area (Å²) >= 11 is 3.20. The van der Waals surface area contributed by atoms with E-state index in [-0.39, 0.29) is 6.61 Å². The van der Waals surface area contributed by atoms with E-state index in [1.807, 2.05) is 0 Å². The molecular formula is C7H11BrN4O. The number of rotatable bonds is 4. The van der Waals surface area contributed by atoms with Crippen molar-refractivity contribution in [1.82, 2.24) is 9.97 Å². The van der Waals surface area contributed by atoms with Crippen LogP contribution < -0.4 is 11.1 Å². The van der Waals surface area contributed by atoms with Crippen molar-refractivity contribution in [3.63, 3.8) is 0 Å². The average molecular weight is 247 g/mol. The van der Waals surface area contributed by atoms with Crippen molar-refractivity contribution in [3.05, 3.63) is 10.7 Å². The SMILES string of the molecule is Nc1cc(Br)nc(NCCCO)n1. The van der Waals surface area contributed by atoms with Crippen LogP contribution in [0.25, 0.3) is 0 Å². The van der Waals surface area contributed by atoms with Crippen molar-refractivity contribution >= 4 is 27.7 Å². The Morgan fingerprint density at radius 3 is 2.92 bits per heavy atom. The monoisotopic (exact) mass is 246 g/mol. The van der Waals surface area contributed by atoms with E-state index >= 15 is 0 Å². The van der Waals surface area contributed by atoms with Crippen molar-refractivity contribution in [2.45, 2.75) is 6.42 Å². The first-order chi connectivity index (χ1) is 6.22. The van der Waals surface area contributed by atoms with Crippen LogP contribution in [-0.2, 0) is 0 Å². The number of hydrogen-bond acceptors (Lipinski definition) is 5.